The van der Waals surface area contributed by atoms with Crippen molar-refractivity contribution in [2.24, 2.45) is 22.5 Å². The lowest BCUT2D eigenvalue weighted by molar-refractivity contribution is -0.115. The van der Waals surface area contributed by atoms with Crippen LogP contribution in [0.2, 0.25) is 5.02 Å². The number of fused-ring (bicyclic) bond motifs is 1. The summed E-state index contributed by atoms with van der Waals surface area (Å²) in [4.78, 5) is 11.5. The van der Waals surface area contributed by atoms with Crippen LogP contribution in [0.4, 0.5) is 5.69 Å². The Morgan fingerprint density at radius 3 is 2.45 bits per heavy atom. The van der Waals surface area contributed by atoms with Crippen molar-refractivity contribution in [1.29, 1.82) is 0 Å². The zero-order valence-electron chi connectivity index (χ0n) is 12.4. The number of carbonyl (C=O) groups excluding carboxylic acids is 1. The third-order valence-corrected chi connectivity index (χ3v) is 6.03. The van der Waals surface area contributed by atoms with Gasteiger partial charge < -0.3 is 11.1 Å². The van der Waals surface area contributed by atoms with Crippen LogP contribution >= 0.6 is 11.6 Å². The molecule has 1 aromatic carbocycles. The van der Waals surface area contributed by atoms with Crippen molar-refractivity contribution in [3.8, 4) is 0 Å². The van der Waals surface area contributed by atoms with Crippen molar-refractivity contribution >= 4 is 23.2 Å². The molecule has 1 fully saturated rings. The Labute approximate surface area is 124 Å². The maximum absolute atomic E-state index is 11.5. The van der Waals surface area contributed by atoms with Crippen LogP contribution in [0.3, 0.4) is 0 Å². The predicted octanol–water partition coefficient (Wildman–Crippen LogP) is 3.52. The van der Waals surface area contributed by atoms with Crippen LogP contribution in [0.15, 0.2) is 12.1 Å². The SMILES string of the molecule is CC1(C)C(C(N)c2cc3c(cc2Cl)NC(=O)C3)C1(C)C. The first kappa shape index (κ1) is 13.9. The quantitative estimate of drug-likeness (QED) is 0.876. The lowest BCUT2D eigenvalue weighted by atomic mass is 9.95. The summed E-state index contributed by atoms with van der Waals surface area (Å²) in [6.07, 6.45) is 0.420. The van der Waals surface area contributed by atoms with Gasteiger partial charge in [-0.15, -0.1) is 0 Å². The highest BCUT2D eigenvalue weighted by Gasteiger charge is 2.66. The molecule has 3 rings (SSSR count). The number of anilines is 1. The molecule has 3 N–H and O–H groups in total. The second-order valence-corrected chi connectivity index (χ2v) is 7.61. The molecule has 2 aliphatic rings. The molecule has 1 saturated carbocycles. The van der Waals surface area contributed by atoms with Gasteiger partial charge in [0.2, 0.25) is 5.91 Å². The molecule has 3 nitrogen and oxygen atoms in total. The molecule has 1 atom stereocenters. The normalized spacial score (nSPS) is 24.2. The van der Waals surface area contributed by atoms with Crippen LogP contribution in [0.1, 0.15) is 44.9 Å². The van der Waals surface area contributed by atoms with Crippen molar-refractivity contribution in [3.63, 3.8) is 0 Å². The Morgan fingerprint density at radius 1 is 1.30 bits per heavy atom. The van der Waals surface area contributed by atoms with Crippen molar-refractivity contribution in [1.82, 2.24) is 0 Å². The molecule has 108 valence electrons. The second kappa shape index (κ2) is 3.99. The van der Waals surface area contributed by atoms with E-state index in [-0.39, 0.29) is 22.8 Å². The van der Waals surface area contributed by atoms with E-state index >= 15 is 0 Å². The van der Waals surface area contributed by atoms with Gasteiger partial charge in [-0.1, -0.05) is 45.4 Å². The fourth-order valence-corrected chi connectivity index (χ4v) is 4.14. The van der Waals surface area contributed by atoms with Gasteiger partial charge in [0.15, 0.2) is 0 Å². The smallest absolute Gasteiger partial charge is 0.228 e. The molecule has 1 amide bonds. The molecular formula is C16H21ClN2O. The largest absolute Gasteiger partial charge is 0.325 e. The summed E-state index contributed by atoms with van der Waals surface area (Å²) in [5.41, 5.74) is 9.70. The maximum Gasteiger partial charge on any atom is 0.228 e. The Balaban J connectivity index is 1.97. The van der Waals surface area contributed by atoms with E-state index in [4.69, 9.17) is 17.3 Å². The molecule has 4 heteroatoms. The summed E-state index contributed by atoms with van der Waals surface area (Å²) in [6.45, 7) is 9.02. The lowest BCUT2D eigenvalue weighted by Gasteiger charge is -2.17. The number of nitrogens with one attached hydrogen (secondary N) is 1. The lowest BCUT2D eigenvalue weighted by Crippen LogP contribution is -2.17. The summed E-state index contributed by atoms with van der Waals surface area (Å²) in [5, 5.41) is 3.47. The first-order chi connectivity index (χ1) is 9.16. The van der Waals surface area contributed by atoms with Crippen LogP contribution in [-0.2, 0) is 11.2 Å². The van der Waals surface area contributed by atoms with Gasteiger partial charge in [-0.3, -0.25) is 4.79 Å². The molecule has 1 aromatic rings. The number of nitrogens with two attached hydrogens (primary N) is 1. The number of amides is 1. The van der Waals surface area contributed by atoms with Crippen molar-refractivity contribution in [3.05, 3.63) is 28.3 Å². The van der Waals surface area contributed by atoms with Gasteiger partial charge in [0, 0.05) is 16.8 Å². The van der Waals surface area contributed by atoms with E-state index in [2.05, 4.69) is 33.0 Å². The first-order valence-electron chi connectivity index (χ1n) is 7.04. The molecule has 20 heavy (non-hydrogen) atoms. The zero-order chi connectivity index (χ0) is 14.9. The topological polar surface area (TPSA) is 55.1 Å². The van der Waals surface area contributed by atoms with Crippen LogP contribution in [0.5, 0.6) is 0 Å². The zero-order valence-corrected chi connectivity index (χ0v) is 13.1. The predicted molar refractivity (Wildman–Crippen MR) is 81.8 cm³/mol. The molecule has 1 aliphatic carbocycles. The summed E-state index contributed by atoms with van der Waals surface area (Å²) in [7, 11) is 0. The minimum Gasteiger partial charge on any atom is -0.325 e. The number of hydrogen-bond donors (Lipinski definition) is 2. The molecule has 1 aliphatic heterocycles. The summed E-state index contributed by atoms with van der Waals surface area (Å²) < 4.78 is 0. The van der Waals surface area contributed by atoms with E-state index in [1.165, 1.54) is 0 Å². The van der Waals surface area contributed by atoms with E-state index in [1.54, 1.807) is 0 Å². The van der Waals surface area contributed by atoms with Gasteiger partial charge in [0.05, 0.1) is 6.42 Å². The molecule has 0 spiro atoms. The average Bonchev–Trinajstić information content (AvgIpc) is 2.60. The van der Waals surface area contributed by atoms with Gasteiger partial charge >= 0.3 is 0 Å². The van der Waals surface area contributed by atoms with Crippen LogP contribution in [0.25, 0.3) is 0 Å². The molecule has 0 saturated heterocycles. The van der Waals surface area contributed by atoms with E-state index in [9.17, 15) is 4.79 Å². The number of rotatable bonds is 2. The van der Waals surface area contributed by atoms with Gasteiger partial charge in [-0.05, 0) is 33.9 Å². The summed E-state index contributed by atoms with van der Waals surface area (Å²) in [5.74, 6) is 0.421. The highest BCUT2D eigenvalue weighted by Crippen LogP contribution is 2.72. The molecule has 0 aromatic heterocycles. The van der Waals surface area contributed by atoms with Gasteiger partial charge in [-0.2, -0.15) is 0 Å². The molecule has 1 unspecified atom stereocenters. The van der Waals surface area contributed by atoms with Crippen molar-refractivity contribution < 1.29 is 4.79 Å². The van der Waals surface area contributed by atoms with Crippen LogP contribution in [0, 0.1) is 16.7 Å². The summed E-state index contributed by atoms with van der Waals surface area (Å²) in [6, 6.07) is 3.75. The molecule has 1 heterocycles. The second-order valence-electron chi connectivity index (χ2n) is 7.20. The molecule has 0 radical (unpaired) electrons. The van der Waals surface area contributed by atoms with E-state index in [0.29, 0.717) is 17.4 Å². The Kier molecular flexibility index (Phi) is 2.77. The monoisotopic (exact) mass is 292 g/mol. The van der Waals surface area contributed by atoms with Gasteiger partial charge in [0.1, 0.15) is 0 Å². The van der Waals surface area contributed by atoms with Gasteiger partial charge in [0.25, 0.3) is 0 Å². The number of halogens is 1. The van der Waals surface area contributed by atoms with Crippen LogP contribution < -0.4 is 11.1 Å². The van der Waals surface area contributed by atoms with Crippen molar-refractivity contribution in [2.75, 3.05) is 5.32 Å². The Morgan fingerprint density at radius 2 is 1.90 bits per heavy atom. The highest BCUT2D eigenvalue weighted by atomic mass is 35.5. The van der Waals surface area contributed by atoms with E-state index < -0.39 is 0 Å². The third-order valence-electron chi connectivity index (χ3n) is 5.70. The molecule has 0 bridgehead atoms. The van der Waals surface area contributed by atoms with Crippen LogP contribution in [-0.4, -0.2) is 5.91 Å². The number of carbonyl (C=O) groups is 1. The highest BCUT2D eigenvalue weighted by molar-refractivity contribution is 6.32. The number of hydrogen-bond acceptors (Lipinski definition) is 2. The number of benzene rings is 1. The molecular weight excluding hydrogens is 272 g/mol. The van der Waals surface area contributed by atoms with Gasteiger partial charge in [-0.25, -0.2) is 0 Å². The van der Waals surface area contributed by atoms with E-state index in [0.717, 1.165) is 16.8 Å². The fourth-order valence-electron chi connectivity index (χ4n) is 3.85. The minimum absolute atomic E-state index is 0.0221. The minimum atomic E-state index is -0.0893. The van der Waals surface area contributed by atoms with Crippen molar-refractivity contribution in [2.45, 2.75) is 40.2 Å². The Bertz CT molecular complexity index is 593. The first-order valence-corrected chi connectivity index (χ1v) is 7.42. The standard InChI is InChI=1S/C16H21ClN2O/c1-15(2)14(16(15,3)4)13(18)9-5-8-6-12(20)19-11(8)7-10(9)17/h5,7,13-14H,6,18H2,1-4H3,(H,19,20). The fraction of sp³-hybridized carbons (Fsp3) is 0.562. The Hall–Kier alpha value is -1.06. The maximum atomic E-state index is 11.5. The summed E-state index contributed by atoms with van der Waals surface area (Å²) >= 11 is 6.38. The average molecular weight is 293 g/mol. The van der Waals surface area contributed by atoms with E-state index in [1.807, 2.05) is 12.1 Å². The third kappa shape index (κ3) is 1.73.